The van der Waals surface area contributed by atoms with Crippen LogP contribution in [0, 0.1) is 0 Å². The molecule has 1 rings (SSSR count). The van der Waals surface area contributed by atoms with Crippen LogP contribution in [0.5, 0.6) is 0 Å². The van der Waals surface area contributed by atoms with Crippen molar-refractivity contribution in [3.8, 4) is 0 Å². The Labute approximate surface area is 125 Å². The van der Waals surface area contributed by atoms with Crippen LogP contribution in [0.2, 0.25) is 0 Å². The predicted molar refractivity (Wildman–Crippen MR) is 82.6 cm³/mol. The number of thiophene rings is 1. The first-order valence-electron chi connectivity index (χ1n) is 6.62. The van der Waals surface area contributed by atoms with Crippen molar-refractivity contribution in [2.75, 3.05) is 20.3 Å². The van der Waals surface area contributed by atoms with Gasteiger partial charge in [0, 0.05) is 18.5 Å². The van der Waals surface area contributed by atoms with E-state index in [0.29, 0.717) is 18.0 Å². The molecule has 0 saturated carbocycles. The summed E-state index contributed by atoms with van der Waals surface area (Å²) >= 11 is 1.45. The topological polar surface area (TPSA) is 67.4 Å². The Kier molecular flexibility index (Phi) is 6.60. The van der Waals surface area contributed by atoms with Gasteiger partial charge in [-0.3, -0.25) is 0 Å². The standard InChI is InChI=1S/C13H24N2O3S2/c1-5-7-14-9-11-12(6-8-19-11)20(16,17)15-13(2,3)10-18-4/h6,8,14-15H,5,7,9-10H2,1-4H3. The van der Waals surface area contributed by atoms with Gasteiger partial charge in [-0.15, -0.1) is 11.3 Å². The fourth-order valence-electron chi connectivity index (χ4n) is 1.88. The Balaban J connectivity index is 2.85. The highest BCUT2D eigenvalue weighted by molar-refractivity contribution is 7.89. The van der Waals surface area contributed by atoms with E-state index in [0.717, 1.165) is 17.8 Å². The second kappa shape index (κ2) is 7.51. The lowest BCUT2D eigenvalue weighted by Gasteiger charge is -2.25. The average Bonchev–Trinajstić information content (AvgIpc) is 2.76. The Morgan fingerprint density at radius 2 is 2.10 bits per heavy atom. The lowest BCUT2D eigenvalue weighted by molar-refractivity contribution is 0.141. The quantitative estimate of drug-likeness (QED) is 0.683. The van der Waals surface area contributed by atoms with Gasteiger partial charge in [0.05, 0.1) is 17.0 Å². The Morgan fingerprint density at radius 3 is 2.70 bits per heavy atom. The van der Waals surface area contributed by atoms with Crippen LogP contribution in [0.1, 0.15) is 32.1 Å². The normalized spacial score (nSPS) is 12.8. The fourth-order valence-corrected chi connectivity index (χ4v) is 4.70. The van der Waals surface area contributed by atoms with Crippen molar-refractivity contribution in [2.45, 2.75) is 44.2 Å². The molecule has 0 aromatic carbocycles. The third kappa shape index (κ3) is 5.14. The number of rotatable bonds is 9. The van der Waals surface area contributed by atoms with Gasteiger partial charge in [-0.2, -0.15) is 0 Å². The molecule has 1 aromatic rings. The summed E-state index contributed by atoms with van der Waals surface area (Å²) in [7, 11) is -1.97. The van der Waals surface area contributed by atoms with Crippen LogP contribution in [-0.2, 0) is 21.3 Å². The molecule has 0 spiro atoms. The summed E-state index contributed by atoms with van der Waals surface area (Å²) in [5.74, 6) is 0. The van der Waals surface area contributed by atoms with Gasteiger partial charge in [0.15, 0.2) is 0 Å². The fraction of sp³-hybridized carbons (Fsp3) is 0.692. The molecule has 0 saturated heterocycles. The Bertz CT molecular complexity index is 509. The first kappa shape index (κ1) is 17.6. The number of ether oxygens (including phenoxy) is 1. The molecule has 1 heterocycles. The van der Waals surface area contributed by atoms with Crippen molar-refractivity contribution in [3.63, 3.8) is 0 Å². The lowest BCUT2D eigenvalue weighted by Crippen LogP contribution is -2.46. The molecule has 116 valence electrons. The molecule has 0 radical (unpaired) electrons. The van der Waals surface area contributed by atoms with Gasteiger partial charge < -0.3 is 10.1 Å². The van der Waals surface area contributed by atoms with Crippen LogP contribution in [0.4, 0.5) is 0 Å². The van der Waals surface area contributed by atoms with Gasteiger partial charge >= 0.3 is 0 Å². The minimum Gasteiger partial charge on any atom is -0.383 e. The van der Waals surface area contributed by atoms with Crippen molar-refractivity contribution < 1.29 is 13.2 Å². The molecule has 0 aliphatic carbocycles. The van der Waals surface area contributed by atoms with Crippen molar-refractivity contribution in [2.24, 2.45) is 0 Å². The van der Waals surface area contributed by atoms with E-state index >= 15 is 0 Å². The van der Waals surface area contributed by atoms with E-state index in [1.54, 1.807) is 32.4 Å². The molecule has 0 fully saturated rings. The molecule has 0 amide bonds. The largest absolute Gasteiger partial charge is 0.383 e. The maximum Gasteiger partial charge on any atom is 0.242 e. The summed E-state index contributed by atoms with van der Waals surface area (Å²) in [6.45, 7) is 7.45. The zero-order valence-electron chi connectivity index (χ0n) is 12.5. The summed E-state index contributed by atoms with van der Waals surface area (Å²) in [6.07, 6.45) is 1.02. The zero-order chi connectivity index (χ0) is 15.2. The summed E-state index contributed by atoms with van der Waals surface area (Å²) in [6, 6.07) is 1.65. The van der Waals surface area contributed by atoms with E-state index in [1.807, 2.05) is 0 Å². The molecule has 5 nitrogen and oxygen atoms in total. The van der Waals surface area contributed by atoms with Crippen LogP contribution in [0.3, 0.4) is 0 Å². The highest BCUT2D eigenvalue weighted by atomic mass is 32.2. The molecular weight excluding hydrogens is 296 g/mol. The number of methoxy groups -OCH3 is 1. The van der Waals surface area contributed by atoms with E-state index in [4.69, 9.17) is 4.74 Å². The van der Waals surface area contributed by atoms with E-state index in [2.05, 4.69) is 17.0 Å². The highest BCUT2D eigenvalue weighted by Gasteiger charge is 2.28. The van der Waals surface area contributed by atoms with Crippen LogP contribution < -0.4 is 10.0 Å². The summed E-state index contributed by atoms with van der Waals surface area (Å²) in [5.41, 5.74) is -0.635. The third-order valence-electron chi connectivity index (χ3n) is 2.62. The van der Waals surface area contributed by atoms with Crippen LogP contribution in [0.15, 0.2) is 16.3 Å². The molecule has 0 aliphatic heterocycles. The molecule has 0 atom stereocenters. The second-order valence-corrected chi connectivity index (χ2v) is 7.96. The first-order chi connectivity index (χ1) is 9.32. The summed E-state index contributed by atoms with van der Waals surface area (Å²) < 4.78 is 32.6. The van der Waals surface area contributed by atoms with E-state index in [-0.39, 0.29) is 0 Å². The molecule has 1 aromatic heterocycles. The van der Waals surface area contributed by atoms with Gasteiger partial charge in [0.25, 0.3) is 0 Å². The van der Waals surface area contributed by atoms with E-state index in [1.165, 1.54) is 11.3 Å². The number of hydrogen-bond donors (Lipinski definition) is 2. The van der Waals surface area contributed by atoms with Crippen molar-refractivity contribution >= 4 is 21.4 Å². The lowest BCUT2D eigenvalue weighted by atomic mass is 10.1. The molecule has 0 unspecified atom stereocenters. The van der Waals surface area contributed by atoms with E-state index in [9.17, 15) is 8.42 Å². The highest BCUT2D eigenvalue weighted by Crippen LogP contribution is 2.23. The monoisotopic (exact) mass is 320 g/mol. The number of sulfonamides is 1. The van der Waals surface area contributed by atoms with Gasteiger partial charge in [-0.1, -0.05) is 6.92 Å². The predicted octanol–water partition coefficient (Wildman–Crippen LogP) is 1.95. The number of hydrogen-bond acceptors (Lipinski definition) is 5. The molecular formula is C13H24N2O3S2. The number of nitrogens with one attached hydrogen (secondary N) is 2. The Morgan fingerprint density at radius 1 is 1.40 bits per heavy atom. The van der Waals surface area contributed by atoms with Crippen molar-refractivity contribution in [3.05, 3.63) is 16.3 Å². The zero-order valence-corrected chi connectivity index (χ0v) is 14.2. The van der Waals surface area contributed by atoms with Gasteiger partial charge in [0.2, 0.25) is 10.0 Å². The van der Waals surface area contributed by atoms with E-state index < -0.39 is 15.6 Å². The summed E-state index contributed by atoms with van der Waals surface area (Å²) in [4.78, 5) is 1.19. The second-order valence-electron chi connectivity index (χ2n) is 5.31. The Hall–Kier alpha value is -0.470. The van der Waals surface area contributed by atoms with Crippen LogP contribution in [0.25, 0.3) is 0 Å². The van der Waals surface area contributed by atoms with Gasteiger partial charge in [0.1, 0.15) is 0 Å². The maximum atomic E-state index is 12.4. The SMILES string of the molecule is CCCNCc1sccc1S(=O)(=O)NC(C)(C)COC. The molecule has 7 heteroatoms. The molecule has 0 bridgehead atoms. The first-order valence-corrected chi connectivity index (χ1v) is 8.98. The minimum atomic E-state index is -3.52. The third-order valence-corrected chi connectivity index (χ3v) is 5.46. The van der Waals surface area contributed by atoms with Gasteiger partial charge in [-0.05, 0) is 38.3 Å². The van der Waals surface area contributed by atoms with Gasteiger partial charge in [-0.25, -0.2) is 13.1 Å². The molecule has 20 heavy (non-hydrogen) atoms. The smallest absolute Gasteiger partial charge is 0.242 e. The van der Waals surface area contributed by atoms with Crippen LogP contribution in [-0.4, -0.2) is 34.2 Å². The average molecular weight is 320 g/mol. The van der Waals surface area contributed by atoms with Crippen molar-refractivity contribution in [1.82, 2.24) is 10.0 Å². The molecule has 0 aliphatic rings. The molecule has 2 N–H and O–H groups in total. The summed E-state index contributed by atoms with van der Waals surface area (Å²) in [5, 5.41) is 5.04. The minimum absolute atomic E-state index is 0.319. The van der Waals surface area contributed by atoms with Crippen molar-refractivity contribution in [1.29, 1.82) is 0 Å². The maximum absolute atomic E-state index is 12.4. The van der Waals surface area contributed by atoms with Crippen LogP contribution >= 0.6 is 11.3 Å².